The van der Waals surface area contributed by atoms with E-state index in [0.717, 1.165) is 11.5 Å². The first kappa shape index (κ1) is 12.6. The Hall–Kier alpha value is -0.470. The highest BCUT2D eigenvalue weighted by Gasteiger charge is 2.02. The Morgan fingerprint density at radius 3 is 2.73 bits per heavy atom. The maximum atomic E-state index is 8.92. The first-order valence-electron chi connectivity index (χ1n) is 5.38. The zero-order chi connectivity index (χ0) is 11.3. The Morgan fingerprint density at radius 2 is 2.07 bits per heavy atom. The number of thioether (sulfide) groups is 1. The van der Waals surface area contributed by atoms with Gasteiger partial charge in [-0.3, -0.25) is 0 Å². The standard InChI is InChI=1S/C13H20OS/c1-10-4-5-12(3)13(6-10)9-15-8-11(2)7-14/h4-6,11,14H,7-9H2,1-3H3. The van der Waals surface area contributed by atoms with Crippen LogP contribution in [-0.4, -0.2) is 17.5 Å². The van der Waals surface area contributed by atoms with Gasteiger partial charge in [-0.05, 0) is 36.6 Å². The van der Waals surface area contributed by atoms with E-state index in [1.54, 1.807) is 0 Å². The summed E-state index contributed by atoms with van der Waals surface area (Å²) in [6.07, 6.45) is 0. The number of aliphatic hydroxyl groups excluding tert-OH is 1. The average Bonchev–Trinajstić information content (AvgIpc) is 2.23. The van der Waals surface area contributed by atoms with Gasteiger partial charge in [-0.2, -0.15) is 11.8 Å². The van der Waals surface area contributed by atoms with Gasteiger partial charge in [-0.25, -0.2) is 0 Å². The normalized spacial score (nSPS) is 12.8. The van der Waals surface area contributed by atoms with E-state index in [2.05, 4.69) is 39.0 Å². The van der Waals surface area contributed by atoms with Gasteiger partial charge in [0.25, 0.3) is 0 Å². The second kappa shape index (κ2) is 6.19. The van der Waals surface area contributed by atoms with Crippen LogP contribution in [0.4, 0.5) is 0 Å². The molecule has 1 aromatic rings. The van der Waals surface area contributed by atoms with Gasteiger partial charge in [0.05, 0.1) is 0 Å². The minimum atomic E-state index is 0.291. The number of hydrogen-bond acceptors (Lipinski definition) is 2. The van der Waals surface area contributed by atoms with E-state index in [1.165, 1.54) is 16.7 Å². The van der Waals surface area contributed by atoms with Crippen molar-refractivity contribution in [1.82, 2.24) is 0 Å². The lowest BCUT2D eigenvalue weighted by atomic mass is 10.1. The minimum absolute atomic E-state index is 0.291. The van der Waals surface area contributed by atoms with Crippen molar-refractivity contribution in [2.24, 2.45) is 5.92 Å². The number of aliphatic hydroxyl groups is 1. The van der Waals surface area contributed by atoms with Crippen LogP contribution >= 0.6 is 11.8 Å². The summed E-state index contributed by atoms with van der Waals surface area (Å²) in [4.78, 5) is 0. The highest BCUT2D eigenvalue weighted by atomic mass is 32.2. The monoisotopic (exact) mass is 224 g/mol. The molecular weight excluding hydrogens is 204 g/mol. The van der Waals surface area contributed by atoms with E-state index in [-0.39, 0.29) is 0 Å². The third kappa shape index (κ3) is 4.27. The summed E-state index contributed by atoms with van der Waals surface area (Å²) in [5.74, 6) is 2.49. The Balaban J connectivity index is 2.46. The molecule has 0 fully saturated rings. The molecule has 0 aliphatic rings. The van der Waals surface area contributed by atoms with Crippen molar-refractivity contribution >= 4 is 11.8 Å². The Morgan fingerprint density at radius 1 is 1.33 bits per heavy atom. The van der Waals surface area contributed by atoms with Crippen molar-refractivity contribution < 1.29 is 5.11 Å². The van der Waals surface area contributed by atoms with E-state index in [1.807, 2.05) is 11.8 Å². The second-order valence-electron chi connectivity index (χ2n) is 4.23. The van der Waals surface area contributed by atoms with Gasteiger partial charge >= 0.3 is 0 Å². The Labute approximate surface area is 96.9 Å². The van der Waals surface area contributed by atoms with E-state index < -0.39 is 0 Å². The summed E-state index contributed by atoms with van der Waals surface area (Å²) in [6.45, 7) is 6.66. The van der Waals surface area contributed by atoms with Gasteiger partial charge in [-0.15, -0.1) is 0 Å². The topological polar surface area (TPSA) is 20.2 Å². The molecule has 0 amide bonds. The molecule has 0 aromatic heterocycles. The van der Waals surface area contributed by atoms with Crippen LogP contribution < -0.4 is 0 Å². The van der Waals surface area contributed by atoms with Crippen molar-refractivity contribution in [3.05, 3.63) is 34.9 Å². The highest BCUT2D eigenvalue weighted by molar-refractivity contribution is 7.98. The van der Waals surface area contributed by atoms with Gasteiger partial charge in [0.15, 0.2) is 0 Å². The molecule has 0 heterocycles. The minimum Gasteiger partial charge on any atom is -0.396 e. The number of benzene rings is 1. The molecule has 1 unspecified atom stereocenters. The fraction of sp³-hybridized carbons (Fsp3) is 0.538. The zero-order valence-electron chi connectivity index (χ0n) is 9.79. The maximum Gasteiger partial charge on any atom is 0.0464 e. The molecule has 0 spiro atoms. The average molecular weight is 224 g/mol. The molecule has 0 radical (unpaired) electrons. The molecule has 0 saturated carbocycles. The summed E-state index contributed by atoms with van der Waals surface area (Å²) < 4.78 is 0. The van der Waals surface area contributed by atoms with Crippen molar-refractivity contribution in [3.63, 3.8) is 0 Å². The van der Waals surface area contributed by atoms with Crippen molar-refractivity contribution in [1.29, 1.82) is 0 Å². The SMILES string of the molecule is Cc1ccc(C)c(CSCC(C)CO)c1. The summed E-state index contributed by atoms with van der Waals surface area (Å²) in [7, 11) is 0. The van der Waals surface area contributed by atoms with Crippen LogP contribution in [0.15, 0.2) is 18.2 Å². The zero-order valence-corrected chi connectivity index (χ0v) is 10.6. The van der Waals surface area contributed by atoms with Gasteiger partial charge in [0.2, 0.25) is 0 Å². The van der Waals surface area contributed by atoms with Crippen molar-refractivity contribution in [2.45, 2.75) is 26.5 Å². The van der Waals surface area contributed by atoms with Crippen LogP contribution in [0.2, 0.25) is 0 Å². The van der Waals surface area contributed by atoms with Crippen molar-refractivity contribution in [3.8, 4) is 0 Å². The summed E-state index contributed by atoms with van der Waals surface area (Å²) in [5.41, 5.74) is 4.11. The molecule has 84 valence electrons. The molecule has 1 aromatic carbocycles. The predicted molar refractivity (Wildman–Crippen MR) is 68.3 cm³/mol. The third-order valence-corrected chi connectivity index (χ3v) is 3.80. The second-order valence-corrected chi connectivity index (χ2v) is 5.26. The van der Waals surface area contributed by atoms with E-state index in [4.69, 9.17) is 5.11 Å². The Kier molecular flexibility index (Phi) is 5.20. The molecule has 0 aliphatic carbocycles. The van der Waals surface area contributed by atoms with Crippen LogP contribution in [0.1, 0.15) is 23.6 Å². The summed E-state index contributed by atoms with van der Waals surface area (Å²) in [6, 6.07) is 6.59. The van der Waals surface area contributed by atoms with Crippen LogP contribution in [0.3, 0.4) is 0 Å². The lowest BCUT2D eigenvalue weighted by Gasteiger charge is -2.09. The largest absolute Gasteiger partial charge is 0.396 e. The number of aryl methyl sites for hydroxylation is 2. The van der Waals surface area contributed by atoms with Gasteiger partial charge < -0.3 is 5.11 Å². The molecule has 1 atom stereocenters. The van der Waals surface area contributed by atoms with Crippen LogP contribution in [0.25, 0.3) is 0 Å². The van der Waals surface area contributed by atoms with Crippen LogP contribution in [0.5, 0.6) is 0 Å². The third-order valence-electron chi connectivity index (χ3n) is 2.48. The molecule has 0 saturated heterocycles. The maximum absolute atomic E-state index is 8.92. The molecule has 1 N–H and O–H groups in total. The molecule has 1 rings (SSSR count). The van der Waals surface area contributed by atoms with Crippen LogP contribution in [0, 0.1) is 19.8 Å². The van der Waals surface area contributed by atoms with Gasteiger partial charge in [0.1, 0.15) is 0 Å². The van der Waals surface area contributed by atoms with Gasteiger partial charge in [-0.1, -0.05) is 30.7 Å². The number of rotatable bonds is 5. The number of hydrogen-bond donors (Lipinski definition) is 1. The fourth-order valence-electron chi connectivity index (χ4n) is 1.38. The molecule has 0 bridgehead atoms. The smallest absolute Gasteiger partial charge is 0.0464 e. The van der Waals surface area contributed by atoms with Gasteiger partial charge in [0, 0.05) is 12.4 Å². The van der Waals surface area contributed by atoms with E-state index in [9.17, 15) is 0 Å². The quantitative estimate of drug-likeness (QED) is 0.829. The van der Waals surface area contributed by atoms with Crippen LogP contribution in [-0.2, 0) is 5.75 Å². The first-order valence-corrected chi connectivity index (χ1v) is 6.53. The Bertz CT molecular complexity index is 309. The summed E-state index contributed by atoms with van der Waals surface area (Å²) in [5, 5.41) is 8.92. The molecule has 2 heteroatoms. The predicted octanol–water partition coefficient (Wildman–Crippen LogP) is 3.17. The fourth-order valence-corrected chi connectivity index (χ4v) is 2.54. The lowest BCUT2D eigenvalue weighted by molar-refractivity contribution is 0.250. The van der Waals surface area contributed by atoms with Crippen molar-refractivity contribution in [2.75, 3.05) is 12.4 Å². The molecule has 1 nitrogen and oxygen atoms in total. The molecule has 0 aliphatic heterocycles. The summed E-state index contributed by atoms with van der Waals surface area (Å²) >= 11 is 1.90. The molecular formula is C13H20OS. The lowest BCUT2D eigenvalue weighted by Crippen LogP contribution is -2.03. The van der Waals surface area contributed by atoms with E-state index in [0.29, 0.717) is 12.5 Å². The molecule has 15 heavy (non-hydrogen) atoms. The van der Waals surface area contributed by atoms with E-state index >= 15 is 0 Å². The highest BCUT2D eigenvalue weighted by Crippen LogP contribution is 2.19. The first-order chi connectivity index (χ1) is 7.13.